The van der Waals surface area contributed by atoms with Crippen LogP contribution < -0.4 is 9.47 Å². The number of aliphatic hydroxyl groups excluding tert-OH is 6. The van der Waals surface area contributed by atoms with E-state index >= 15 is 0 Å². The molecule has 0 radical (unpaired) electrons. The Morgan fingerprint density at radius 1 is 0.921 bits per heavy atom. The molecule has 1 aliphatic rings. The highest BCUT2D eigenvalue weighted by molar-refractivity contribution is 5.59. The SMILES string of the molecule is COc1cc([C@@H](O)C[C@H](O)c2cc(C=CCO[C@@H]3O[C@H](CO)[C@@H](O)[C@H](O)[C@H]3O)cc(OC)c2O)ccc1O. The standard InChI is InChI=1S/C26H34O12/c1-35-19-10-14(5-6-16(19)28)17(29)11-18(30)15-8-13(9-20(36-2)22(15)31)4-3-7-37-26-25(34)24(33)23(32)21(12-27)38-26/h3-6,8-10,17-18,21,23-34H,7,11-12H2,1-2H3/t17-,18-,21+,23+,24-,25+,26+/m0/s1. The highest BCUT2D eigenvalue weighted by atomic mass is 16.7. The van der Waals surface area contributed by atoms with Crippen molar-refractivity contribution < 1.29 is 59.8 Å². The summed E-state index contributed by atoms with van der Waals surface area (Å²) in [4.78, 5) is 0. The maximum absolute atomic E-state index is 10.8. The molecule has 0 spiro atoms. The van der Waals surface area contributed by atoms with Crippen molar-refractivity contribution in [3.05, 3.63) is 53.1 Å². The van der Waals surface area contributed by atoms with E-state index in [0.29, 0.717) is 11.1 Å². The van der Waals surface area contributed by atoms with Gasteiger partial charge in [0.25, 0.3) is 0 Å². The van der Waals surface area contributed by atoms with Gasteiger partial charge in [0, 0.05) is 12.0 Å². The predicted octanol–water partition coefficient (Wildman–Crippen LogP) is 0.102. The van der Waals surface area contributed by atoms with E-state index in [1.807, 2.05) is 0 Å². The van der Waals surface area contributed by atoms with Crippen molar-refractivity contribution in [2.24, 2.45) is 0 Å². The fraction of sp³-hybridized carbons (Fsp3) is 0.462. The molecule has 12 heteroatoms. The van der Waals surface area contributed by atoms with Crippen molar-refractivity contribution in [2.75, 3.05) is 27.4 Å². The summed E-state index contributed by atoms with van der Waals surface area (Å²) in [6, 6.07) is 7.31. The molecule has 0 aromatic heterocycles. The smallest absolute Gasteiger partial charge is 0.187 e. The first-order chi connectivity index (χ1) is 18.1. The lowest BCUT2D eigenvalue weighted by Crippen LogP contribution is -2.59. The minimum absolute atomic E-state index is 0.0804. The third-order valence-electron chi connectivity index (χ3n) is 6.26. The summed E-state index contributed by atoms with van der Waals surface area (Å²) < 4.78 is 21.0. The number of benzene rings is 2. The van der Waals surface area contributed by atoms with Gasteiger partial charge in [-0.15, -0.1) is 0 Å². The van der Waals surface area contributed by atoms with Crippen LogP contribution in [0.3, 0.4) is 0 Å². The Bertz CT molecular complexity index is 1090. The quantitative estimate of drug-likeness (QED) is 0.192. The van der Waals surface area contributed by atoms with Crippen LogP contribution in [-0.2, 0) is 9.47 Å². The molecule has 1 aliphatic heterocycles. The molecule has 0 saturated carbocycles. The summed E-state index contributed by atoms with van der Waals surface area (Å²) in [7, 11) is 2.72. The van der Waals surface area contributed by atoms with Gasteiger partial charge in [-0.2, -0.15) is 0 Å². The van der Waals surface area contributed by atoms with Crippen molar-refractivity contribution in [1.82, 2.24) is 0 Å². The number of ether oxygens (including phenoxy) is 4. The van der Waals surface area contributed by atoms with Gasteiger partial charge in [0.05, 0.1) is 39.6 Å². The number of aliphatic hydroxyl groups is 6. The molecule has 2 aromatic carbocycles. The van der Waals surface area contributed by atoms with E-state index in [-0.39, 0.29) is 41.6 Å². The number of rotatable bonds is 11. The van der Waals surface area contributed by atoms with Gasteiger partial charge >= 0.3 is 0 Å². The van der Waals surface area contributed by atoms with Crippen LogP contribution in [0.15, 0.2) is 36.4 Å². The van der Waals surface area contributed by atoms with Gasteiger partial charge in [-0.25, -0.2) is 0 Å². The van der Waals surface area contributed by atoms with Crippen LogP contribution in [0.25, 0.3) is 6.08 Å². The van der Waals surface area contributed by atoms with E-state index in [9.17, 15) is 40.9 Å². The Labute approximate surface area is 219 Å². The van der Waals surface area contributed by atoms with Crippen LogP contribution in [0.1, 0.15) is 35.3 Å². The maximum atomic E-state index is 10.8. The highest BCUT2D eigenvalue weighted by Gasteiger charge is 2.43. The zero-order valence-electron chi connectivity index (χ0n) is 20.9. The van der Waals surface area contributed by atoms with Gasteiger partial charge in [0.2, 0.25) is 0 Å². The number of hydrogen-bond donors (Lipinski definition) is 8. The van der Waals surface area contributed by atoms with Crippen molar-refractivity contribution in [1.29, 1.82) is 0 Å². The number of phenols is 2. The monoisotopic (exact) mass is 538 g/mol. The fourth-order valence-corrected chi connectivity index (χ4v) is 4.07. The number of hydrogen-bond acceptors (Lipinski definition) is 12. The molecule has 1 saturated heterocycles. The molecule has 38 heavy (non-hydrogen) atoms. The van der Waals surface area contributed by atoms with Crippen molar-refractivity contribution >= 4 is 6.08 Å². The maximum Gasteiger partial charge on any atom is 0.187 e. The molecule has 1 heterocycles. The molecule has 0 unspecified atom stereocenters. The van der Waals surface area contributed by atoms with E-state index in [4.69, 9.17) is 18.9 Å². The molecular weight excluding hydrogens is 504 g/mol. The number of aromatic hydroxyl groups is 2. The lowest BCUT2D eigenvalue weighted by atomic mass is 9.96. The topological polar surface area (TPSA) is 199 Å². The second-order valence-electron chi connectivity index (χ2n) is 8.79. The van der Waals surface area contributed by atoms with E-state index in [2.05, 4.69) is 0 Å². The fourth-order valence-electron chi connectivity index (χ4n) is 4.07. The van der Waals surface area contributed by atoms with Crippen LogP contribution in [-0.4, -0.2) is 99.0 Å². The van der Waals surface area contributed by atoms with Crippen molar-refractivity contribution in [3.63, 3.8) is 0 Å². The summed E-state index contributed by atoms with van der Waals surface area (Å²) in [5.74, 6) is -0.151. The predicted molar refractivity (Wildman–Crippen MR) is 133 cm³/mol. The molecule has 8 N–H and O–H groups in total. The van der Waals surface area contributed by atoms with Crippen LogP contribution >= 0.6 is 0 Å². The zero-order valence-corrected chi connectivity index (χ0v) is 20.9. The second-order valence-corrected chi connectivity index (χ2v) is 8.79. The summed E-state index contributed by atoms with van der Waals surface area (Å²) in [5, 5.41) is 80.8. The van der Waals surface area contributed by atoms with Crippen molar-refractivity contribution in [2.45, 2.75) is 49.3 Å². The van der Waals surface area contributed by atoms with Gasteiger partial charge in [-0.1, -0.05) is 18.2 Å². The Morgan fingerprint density at radius 3 is 2.29 bits per heavy atom. The summed E-state index contributed by atoms with van der Waals surface area (Å²) >= 11 is 0. The highest BCUT2D eigenvalue weighted by Crippen LogP contribution is 2.39. The Hall–Kier alpha value is -2.94. The third kappa shape index (κ3) is 6.73. The van der Waals surface area contributed by atoms with Gasteiger partial charge in [-0.05, 0) is 35.4 Å². The van der Waals surface area contributed by atoms with Gasteiger partial charge in [-0.3, -0.25) is 0 Å². The third-order valence-corrected chi connectivity index (χ3v) is 6.26. The normalized spacial score (nSPS) is 25.3. The minimum Gasteiger partial charge on any atom is -0.504 e. The van der Waals surface area contributed by atoms with E-state index in [1.165, 1.54) is 44.6 Å². The Morgan fingerprint density at radius 2 is 1.63 bits per heavy atom. The molecular formula is C26H34O12. The largest absolute Gasteiger partial charge is 0.504 e. The molecule has 12 nitrogen and oxygen atoms in total. The van der Waals surface area contributed by atoms with E-state index in [0.717, 1.165) is 0 Å². The molecule has 0 bridgehead atoms. The first kappa shape index (κ1) is 29.6. The molecule has 210 valence electrons. The van der Waals surface area contributed by atoms with Crippen LogP contribution in [0.5, 0.6) is 23.0 Å². The molecule has 0 amide bonds. The van der Waals surface area contributed by atoms with Gasteiger partial charge in [0.15, 0.2) is 29.3 Å². The van der Waals surface area contributed by atoms with Crippen LogP contribution in [0, 0.1) is 0 Å². The van der Waals surface area contributed by atoms with Crippen molar-refractivity contribution in [3.8, 4) is 23.0 Å². The first-order valence-corrected chi connectivity index (χ1v) is 11.8. The van der Waals surface area contributed by atoms with E-state index < -0.39 is 49.5 Å². The molecule has 7 atom stereocenters. The number of phenolic OH excluding ortho intramolecular Hbond substituents is 2. The summed E-state index contributed by atoms with van der Waals surface area (Å²) in [5.41, 5.74) is 1.00. The molecule has 2 aromatic rings. The zero-order chi connectivity index (χ0) is 28.0. The summed E-state index contributed by atoms with van der Waals surface area (Å²) in [6.07, 6.45) is -6.45. The first-order valence-electron chi connectivity index (χ1n) is 11.8. The Kier molecular flexibility index (Phi) is 10.3. The van der Waals surface area contributed by atoms with Gasteiger partial charge < -0.3 is 59.8 Å². The minimum atomic E-state index is -1.56. The average Bonchev–Trinajstić information content (AvgIpc) is 2.91. The molecule has 0 aliphatic carbocycles. The molecule has 1 fully saturated rings. The molecule has 3 rings (SSSR count). The lowest BCUT2D eigenvalue weighted by Gasteiger charge is -2.39. The summed E-state index contributed by atoms with van der Waals surface area (Å²) in [6.45, 7) is -0.667. The van der Waals surface area contributed by atoms with Gasteiger partial charge in [0.1, 0.15) is 24.4 Å². The number of methoxy groups -OCH3 is 2. The average molecular weight is 539 g/mol. The Balaban J connectivity index is 1.70. The van der Waals surface area contributed by atoms with E-state index in [1.54, 1.807) is 12.2 Å². The van der Waals surface area contributed by atoms with Crippen LogP contribution in [0.2, 0.25) is 0 Å². The second kappa shape index (κ2) is 13.2. The lowest BCUT2D eigenvalue weighted by molar-refractivity contribution is -0.298. The van der Waals surface area contributed by atoms with Crippen LogP contribution in [0.4, 0.5) is 0 Å².